The van der Waals surface area contributed by atoms with Gasteiger partial charge in [0.25, 0.3) is 0 Å². The average Bonchev–Trinajstić information content (AvgIpc) is 2.52. The fraction of sp³-hybridized carbons (Fsp3) is 0.500. The third-order valence-corrected chi connectivity index (χ3v) is 4.28. The number of carbonyl (C=O) groups excluding carboxylic acids is 1. The number of carbonyl (C=O) groups is 1. The molecule has 1 aromatic carbocycles. The summed E-state index contributed by atoms with van der Waals surface area (Å²) in [5.41, 5.74) is -0.692. The fourth-order valence-corrected chi connectivity index (χ4v) is 2.86. The molecule has 0 spiro atoms. The molecule has 0 atom stereocenters. The first kappa shape index (κ1) is 17.1. The van der Waals surface area contributed by atoms with Crippen molar-refractivity contribution in [2.45, 2.75) is 32.0 Å². The molecule has 0 unspecified atom stereocenters. The lowest BCUT2D eigenvalue weighted by Gasteiger charge is -2.38. The zero-order valence-corrected chi connectivity index (χ0v) is 13.0. The minimum Gasteiger partial charge on any atom is -0.371 e. The largest absolute Gasteiger partial charge is 0.418 e. The minimum atomic E-state index is -4.50. The molecule has 124 valence electrons. The Hall–Kier alpha value is -2.23. The van der Waals surface area contributed by atoms with E-state index in [0.717, 1.165) is 6.07 Å². The van der Waals surface area contributed by atoms with Crippen LogP contribution in [0.4, 0.5) is 18.9 Å². The zero-order valence-electron chi connectivity index (χ0n) is 13.0. The smallest absolute Gasteiger partial charge is 0.371 e. The average molecular weight is 325 g/mol. The molecule has 0 aliphatic carbocycles. The van der Waals surface area contributed by atoms with E-state index in [2.05, 4.69) is 0 Å². The van der Waals surface area contributed by atoms with Crippen LogP contribution in [0, 0.1) is 11.3 Å². The van der Waals surface area contributed by atoms with Crippen molar-refractivity contribution in [3.8, 4) is 6.07 Å². The number of nitrogens with zero attached hydrogens (tertiary/aromatic N) is 3. The molecule has 0 saturated carbocycles. The predicted octanol–water partition coefficient (Wildman–Crippen LogP) is 3.02. The molecule has 1 heterocycles. The molecule has 0 aromatic heterocycles. The van der Waals surface area contributed by atoms with Crippen LogP contribution >= 0.6 is 0 Å². The van der Waals surface area contributed by atoms with E-state index in [4.69, 9.17) is 5.26 Å². The van der Waals surface area contributed by atoms with E-state index < -0.39 is 11.7 Å². The molecule has 0 radical (unpaired) electrons. The van der Waals surface area contributed by atoms with Crippen LogP contribution in [-0.2, 0) is 11.0 Å². The van der Waals surface area contributed by atoms with Gasteiger partial charge in [0, 0.05) is 38.8 Å². The molecular formula is C16H18F3N3O. The standard InChI is InChI=1S/C16H18F3N3O/c1-11(23)21(2)13-5-7-22(8-6-13)15-4-3-12(10-20)9-14(15)16(17,18)19/h3-4,9,13H,5-8H2,1-2H3. The summed E-state index contributed by atoms with van der Waals surface area (Å²) in [6.07, 6.45) is -3.27. The number of amides is 1. The van der Waals surface area contributed by atoms with Gasteiger partial charge in [-0.05, 0) is 31.0 Å². The summed E-state index contributed by atoms with van der Waals surface area (Å²) in [5, 5.41) is 8.81. The Kier molecular flexibility index (Phi) is 4.83. The normalized spacial score (nSPS) is 16.1. The summed E-state index contributed by atoms with van der Waals surface area (Å²) in [4.78, 5) is 14.7. The van der Waals surface area contributed by atoms with Gasteiger partial charge in [0.2, 0.25) is 5.91 Å². The van der Waals surface area contributed by atoms with Gasteiger partial charge >= 0.3 is 6.18 Å². The Morgan fingerprint density at radius 2 is 1.96 bits per heavy atom. The topological polar surface area (TPSA) is 47.3 Å². The Bertz CT molecular complexity index is 628. The summed E-state index contributed by atoms with van der Waals surface area (Å²) < 4.78 is 39.7. The summed E-state index contributed by atoms with van der Waals surface area (Å²) in [6.45, 7) is 2.36. The lowest BCUT2D eigenvalue weighted by molar-refractivity contribution is -0.137. The number of piperidine rings is 1. The number of hydrogen-bond donors (Lipinski definition) is 0. The second-order valence-corrected chi connectivity index (χ2v) is 5.69. The van der Waals surface area contributed by atoms with Crippen LogP contribution in [0.3, 0.4) is 0 Å². The van der Waals surface area contributed by atoms with Gasteiger partial charge in [-0.3, -0.25) is 4.79 Å². The molecule has 4 nitrogen and oxygen atoms in total. The summed E-state index contributed by atoms with van der Waals surface area (Å²) in [6, 6.07) is 5.44. The maximum atomic E-state index is 13.2. The van der Waals surface area contributed by atoms with Gasteiger partial charge in [-0.15, -0.1) is 0 Å². The van der Waals surface area contributed by atoms with Crippen LogP contribution < -0.4 is 4.90 Å². The van der Waals surface area contributed by atoms with Crippen molar-refractivity contribution in [2.75, 3.05) is 25.0 Å². The van der Waals surface area contributed by atoms with E-state index >= 15 is 0 Å². The predicted molar refractivity (Wildman–Crippen MR) is 79.8 cm³/mol. The monoisotopic (exact) mass is 325 g/mol. The number of anilines is 1. The van der Waals surface area contributed by atoms with E-state index in [0.29, 0.717) is 25.9 Å². The van der Waals surface area contributed by atoms with Crippen LogP contribution in [0.25, 0.3) is 0 Å². The lowest BCUT2D eigenvalue weighted by atomic mass is 10.0. The molecule has 1 aliphatic rings. The van der Waals surface area contributed by atoms with E-state index in [1.807, 2.05) is 0 Å². The van der Waals surface area contributed by atoms with Crippen LogP contribution in [0.2, 0.25) is 0 Å². The molecule has 1 fully saturated rings. The third-order valence-electron chi connectivity index (χ3n) is 4.28. The molecule has 1 amide bonds. The van der Waals surface area contributed by atoms with Gasteiger partial charge in [-0.25, -0.2) is 0 Å². The highest BCUT2D eigenvalue weighted by Crippen LogP contribution is 2.38. The fourth-order valence-electron chi connectivity index (χ4n) is 2.86. The maximum absolute atomic E-state index is 13.2. The van der Waals surface area contributed by atoms with Crippen molar-refractivity contribution >= 4 is 11.6 Å². The van der Waals surface area contributed by atoms with Crippen molar-refractivity contribution in [3.05, 3.63) is 29.3 Å². The van der Waals surface area contributed by atoms with E-state index in [1.165, 1.54) is 19.1 Å². The van der Waals surface area contributed by atoms with Crippen molar-refractivity contribution < 1.29 is 18.0 Å². The number of benzene rings is 1. The second kappa shape index (κ2) is 6.49. The quantitative estimate of drug-likeness (QED) is 0.840. The number of alkyl halides is 3. The van der Waals surface area contributed by atoms with E-state index in [9.17, 15) is 18.0 Å². The summed E-state index contributed by atoms with van der Waals surface area (Å²) >= 11 is 0. The third kappa shape index (κ3) is 3.76. The maximum Gasteiger partial charge on any atom is 0.418 e. The van der Waals surface area contributed by atoms with Crippen LogP contribution in [0.15, 0.2) is 18.2 Å². The Morgan fingerprint density at radius 3 is 2.43 bits per heavy atom. The highest BCUT2D eigenvalue weighted by atomic mass is 19.4. The van der Waals surface area contributed by atoms with Crippen LogP contribution in [-0.4, -0.2) is 37.0 Å². The molecule has 2 rings (SSSR count). The molecule has 0 N–H and O–H groups in total. The van der Waals surface area contributed by atoms with Crippen LogP contribution in [0.1, 0.15) is 30.9 Å². The first-order valence-corrected chi connectivity index (χ1v) is 7.33. The van der Waals surface area contributed by atoms with Gasteiger partial charge in [0.15, 0.2) is 0 Å². The lowest BCUT2D eigenvalue weighted by Crippen LogP contribution is -2.45. The Labute approximate surface area is 133 Å². The van der Waals surface area contributed by atoms with Gasteiger partial charge in [0.05, 0.1) is 17.2 Å². The van der Waals surface area contributed by atoms with Gasteiger partial charge in [0.1, 0.15) is 0 Å². The van der Waals surface area contributed by atoms with Crippen molar-refractivity contribution in [3.63, 3.8) is 0 Å². The molecule has 1 saturated heterocycles. The molecular weight excluding hydrogens is 307 g/mol. The Balaban J connectivity index is 2.21. The minimum absolute atomic E-state index is 0.00715. The van der Waals surface area contributed by atoms with Gasteiger partial charge in [-0.2, -0.15) is 18.4 Å². The van der Waals surface area contributed by atoms with Gasteiger partial charge < -0.3 is 9.80 Å². The second-order valence-electron chi connectivity index (χ2n) is 5.69. The molecule has 1 aliphatic heterocycles. The molecule has 7 heteroatoms. The zero-order chi connectivity index (χ0) is 17.2. The van der Waals surface area contributed by atoms with Crippen LogP contribution in [0.5, 0.6) is 0 Å². The van der Waals surface area contributed by atoms with E-state index in [1.54, 1.807) is 22.9 Å². The number of halogens is 3. The molecule has 23 heavy (non-hydrogen) atoms. The van der Waals surface area contributed by atoms with Crippen molar-refractivity contribution in [1.29, 1.82) is 5.26 Å². The number of hydrogen-bond acceptors (Lipinski definition) is 3. The van der Waals surface area contributed by atoms with Crippen molar-refractivity contribution in [2.24, 2.45) is 0 Å². The first-order chi connectivity index (χ1) is 10.7. The number of nitriles is 1. The summed E-state index contributed by atoms with van der Waals surface area (Å²) in [7, 11) is 1.71. The molecule has 0 bridgehead atoms. The Morgan fingerprint density at radius 1 is 1.35 bits per heavy atom. The van der Waals surface area contributed by atoms with Crippen molar-refractivity contribution in [1.82, 2.24) is 4.90 Å². The first-order valence-electron chi connectivity index (χ1n) is 7.33. The highest BCUT2D eigenvalue weighted by Gasteiger charge is 2.36. The van der Waals surface area contributed by atoms with Gasteiger partial charge in [-0.1, -0.05) is 0 Å². The highest BCUT2D eigenvalue weighted by molar-refractivity contribution is 5.73. The number of rotatable bonds is 2. The summed E-state index contributed by atoms with van der Waals surface area (Å²) in [5.74, 6) is -0.0437. The SMILES string of the molecule is CC(=O)N(C)C1CCN(c2ccc(C#N)cc2C(F)(F)F)CC1. The molecule has 1 aromatic rings. The van der Waals surface area contributed by atoms with E-state index in [-0.39, 0.29) is 23.2 Å².